The van der Waals surface area contributed by atoms with Crippen molar-refractivity contribution in [2.45, 2.75) is 37.5 Å². The van der Waals surface area contributed by atoms with Gasteiger partial charge in [-0.15, -0.1) is 0 Å². The Balaban J connectivity index is 1.56. The number of aliphatic carboxylic acids is 1. The summed E-state index contributed by atoms with van der Waals surface area (Å²) in [5.41, 5.74) is 2.78. The van der Waals surface area contributed by atoms with Gasteiger partial charge >= 0.3 is 5.97 Å². The van der Waals surface area contributed by atoms with Crippen LogP contribution in [0, 0.1) is 17.2 Å². The lowest BCUT2D eigenvalue weighted by atomic mass is 9.86. The molecular weight excluding hydrogens is 422 g/mol. The quantitative estimate of drug-likeness (QED) is 0.599. The summed E-state index contributed by atoms with van der Waals surface area (Å²) >= 11 is 0. The third-order valence-corrected chi connectivity index (χ3v) is 6.54. The predicted molar refractivity (Wildman–Crippen MR) is 120 cm³/mol. The van der Waals surface area contributed by atoms with E-state index in [-0.39, 0.29) is 29.6 Å². The fourth-order valence-corrected chi connectivity index (χ4v) is 4.66. The predicted octanol–water partition coefficient (Wildman–Crippen LogP) is 3.00. The standard InChI is InChI=1S/C25H25N3O5/c1-27-23(31)17-7-8-21-18(12-17)25(9-10-33-21)13-19(25)24(32)28-20-11-15(14-26)5-6-16(20)3-2-4-22(29)30/h5-8,11-12,19H,2-4,9-10,13H2,1H3,(H,27,31)(H,28,32)(H,29,30)/t19-,25-/m0/s1. The number of carboxylic acid groups (broad SMARTS) is 1. The third kappa shape index (κ3) is 4.40. The number of aryl methyl sites for hydroxylation is 1. The highest BCUT2D eigenvalue weighted by Gasteiger charge is 2.61. The second kappa shape index (κ2) is 8.94. The molecule has 3 N–H and O–H groups in total. The van der Waals surface area contributed by atoms with Gasteiger partial charge in [-0.05, 0) is 61.6 Å². The van der Waals surface area contributed by atoms with Gasteiger partial charge in [-0.1, -0.05) is 6.07 Å². The Hall–Kier alpha value is -3.86. The molecule has 0 bridgehead atoms. The van der Waals surface area contributed by atoms with Crippen molar-refractivity contribution in [3.63, 3.8) is 0 Å². The monoisotopic (exact) mass is 447 g/mol. The van der Waals surface area contributed by atoms with Crippen molar-refractivity contribution in [3.05, 3.63) is 58.7 Å². The first-order valence-electron chi connectivity index (χ1n) is 10.9. The zero-order valence-electron chi connectivity index (χ0n) is 18.3. The number of rotatable bonds is 7. The molecule has 1 saturated carbocycles. The van der Waals surface area contributed by atoms with Crippen LogP contribution in [0.2, 0.25) is 0 Å². The largest absolute Gasteiger partial charge is 0.493 e. The summed E-state index contributed by atoms with van der Waals surface area (Å²) in [6.45, 7) is 0.500. The number of anilines is 1. The van der Waals surface area contributed by atoms with E-state index in [0.717, 1.165) is 11.1 Å². The van der Waals surface area contributed by atoms with E-state index in [2.05, 4.69) is 16.7 Å². The second-order valence-electron chi connectivity index (χ2n) is 8.52. The number of nitriles is 1. The Labute approximate surface area is 191 Å². The maximum absolute atomic E-state index is 13.3. The molecule has 2 amide bonds. The van der Waals surface area contributed by atoms with Crippen LogP contribution < -0.4 is 15.4 Å². The molecule has 0 aromatic heterocycles. The van der Waals surface area contributed by atoms with E-state index in [1.54, 1.807) is 37.4 Å². The highest BCUT2D eigenvalue weighted by molar-refractivity contribution is 5.98. The summed E-state index contributed by atoms with van der Waals surface area (Å²) in [6.07, 6.45) is 2.28. The van der Waals surface area contributed by atoms with Crippen LogP contribution in [0.25, 0.3) is 0 Å². The molecule has 1 spiro atoms. The first-order chi connectivity index (χ1) is 15.9. The van der Waals surface area contributed by atoms with E-state index in [0.29, 0.717) is 54.9 Å². The highest BCUT2D eigenvalue weighted by Crippen LogP contribution is 2.61. The number of hydrogen-bond acceptors (Lipinski definition) is 5. The van der Waals surface area contributed by atoms with Crippen LogP contribution in [0.3, 0.4) is 0 Å². The summed E-state index contributed by atoms with van der Waals surface area (Å²) in [6, 6.07) is 12.4. The number of fused-ring (bicyclic) bond motifs is 2. The molecule has 1 fully saturated rings. The van der Waals surface area contributed by atoms with Crippen molar-refractivity contribution in [2.24, 2.45) is 5.92 Å². The molecule has 1 aliphatic carbocycles. The minimum absolute atomic E-state index is 0.0313. The lowest BCUT2D eigenvalue weighted by Gasteiger charge is -2.27. The molecule has 2 atom stereocenters. The normalized spacial score (nSPS) is 20.2. The van der Waals surface area contributed by atoms with Gasteiger partial charge in [0.15, 0.2) is 0 Å². The maximum Gasteiger partial charge on any atom is 0.303 e. The molecule has 8 nitrogen and oxygen atoms in total. The van der Waals surface area contributed by atoms with Gasteiger partial charge in [-0.3, -0.25) is 14.4 Å². The molecule has 2 aliphatic rings. The zero-order chi connectivity index (χ0) is 23.6. The lowest BCUT2D eigenvalue weighted by molar-refractivity contribution is -0.137. The molecule has 1 heterocycles. The lowest BCUT2D eigenvalue weighted by Crippen LogP contribution is -2.28. The van der Waals surface area contributed by atoms with Crippen molar-refractivity contribution in [2.75, 3.05) is 19.0 Å². The molecule has 2 aromatic rings. The van der Waals surface area contributed by atoms with Gasteiger partial charge in [0.05, 0.1) is 18.2 Å². The van der Waals surface area contributed by atoms with Gasteiger partial charge in [0, 0.05) is 41.6 Å². The van der Waals surface area contributed by atoms with Crippen molar-refractivity contribution in [1.29, 1.82) is 5.26 Å². The van der Waals surface area contributed by atoms with Crippen LogP contribution in [0.4, 0.5) is 5.69 Å². The average Bonchev–Trinajstić information content (AvgIpc) is 3.54. The van der Waals surface area contributed by atoms with Crippen LogP contribution in [0.15, 0.2) is 36.4 Å². The number of carbonyl (C=O) groups excluding carboxylic acids is 2. The first kappa shape index (κ1) is 22.3. The smallest absolute Gasteiger partial charge is 0.303 e. The summed E-state index contributed by atoms with van der Waals surface area (Å²) in [4.78, 5) is 36.2. The van der Waals surface area contributed by atoms with E-state index in [1.807, 2.05) is 6.07 Å². The van der Waals surface area contributed by atoms with Crippen LogP contribution in [-0.2, 0) is 21.4 Å². The summed E-state index contributed by atoms with van der Waals surface area (Å²) in [5.74, 6) is -0.798. The molecule has 8 heteroatoms. The topological polar surface area (TPSA) is 129 Å². The maximum atomic E-state index is 13.3. The number of nitrogens with one attached hydrogen (secondary N) is 2. The molecular formula is C25H25N3O5. The Kier molecular flexibility index (Phi) is 6.05. The van der Waals surface area contributed by atoms with E-state index in [1.165, 1.54) is 0 Å². The third-order valence-electron chi connectivity index (χ3n) is 6.54. The Morgan fingerprint density at radius 3 is 2.79 bits per heavy atom. The van der Waals surface area contributed by atoms with Gasteiger partial charge in [-0.2, -0.15) is 5.26 Å². The number of ether oxygens (including phenoxy) is 1. The molecule has 0 unspecified atom stereocenters. The van der Waals surface area contributed by atoms with Crippen molar-refractivity contribution in [1.82, 2.24) is 5.32 Å². The first-order valence-corrected chi connectivity index (χ1v) is 10.9. The van der Waals surface area contributed by atoms with Crippen molar-refractivity contribution in [3.8, 4) is 11.8 Å². The number of carbonyl (C=O) groups is 3. The highest BCUT2D eigenvalue weighted by atomic mass is 16.5. The van der Waals surface area contributed by atoms with E-state index in [9.17, 15) is 19.6 Å². The minimum atomic E-state index is -0.872. The number of nitrogens with zero attached hydrogens (tertiary/aromatic N) is 1. The number of benzene rings is 2. The van der Waals surface area contributed by atoms with Gasteiger partial charge < -0.3 is 20.5 Å². The Morgan fingerprint density at radius 1 is 1.24 bits per heavy atom. The number of hydrogen-bond donors (Lipinski definition) is 3. The zero-order valence-corrected chi connectivity index (χ0v) is 18.3. The number of amides is 2. The molecule has 170 valence electrons. The molecule has 4 rings (SSSR count). The Morgan fingerprint density at radius 2 is 2.06 bits per heavy atom. The van der Waals surface area contributed by atoms with Gasteiger partial charge in [0.1, 0.15) is 5.75 Å². The van der Waals surface area contributed by atoms with Crippen LogP contribution in [0.1, 0.15) is 52.7 Å². The van der Waals surface area contributed by atoms with Crippen molar-refractivity contribution >= 4 is 23.5 Å². The van der Waals surface area contributed by atoms with Gasteiger partial charge in [0.25, 0.3) is 5.91 Å². The fraction of sp³-hybridized carbons (Fsp3) is 0.360. The minimum Gasteiger partial charge on any atom is -0.493 e. The van der Waals surface area contributed by atoms with E-state index in [4.69, 9.17) is 9.84 Å². The second-order valence-corrected chi connectivity index (χ2v) is 8.52. The fourth-order valence-electron chi connectivity index (χ4n) is 4.66. The summed E-state index contributed by atoms with van der Waals surface area (Å²) in [5, 5.41) is 23.8. The van der Waals surface area contributed by atoms with Gasteiger partial charge in [-0.25, -0.2) is 0 Å². The average molecular weight is 447 g/mol. The SMILES string of the molecule is CNC(=O)c1ccc2c(c1)[C@]1(CCO2)C[C@H]1C(=O)Nc1cc(C#N)ccc1CCCC(=O)O. The van der Waals surface area contributed by atoms with Crippen molar-refractivity contribution < 1.29 is 24.2 Å². The number of carboxylic acids is 1. The van der Waals surface area contributed by atoms with Crippen LogP contribution in [-0.4, -0.2) is 36.5 Å². The summed E-state index contributed by atoms with van der Waals surface area (Å²) in [7, 11) is 1.57. The summed E-state index contributed by atoms with van der Waals surface area (Å²) < 4.78 is 5.78. The Bertz CT molecular complexity index is 1170. The van der Waals surface area contributed by atoms with Gasteiger partial charge in [0.2, 0.25) is 5.91 Å². The van der Waals surface area contributed by atoms with E-state index < -0.39 is 5.97 Å². The molecule has 33 heavy (non-hydrogen) atoms. The van der Waals surface area contributed by atoms with Crippen LogP contribution in [0.5, 0.6) is 5.75 Å². The molecule has 1 aliphatic heterocycles. The molecule has 0 saturated heterocycles. The molecule has 0 radical (unpaired) electrons. The molecule has 2 aromatic carbocycles. The van der Waals surface area contributed by atoms with Crippen LogP contribution >= 0.6 is 0 Å². The van der Waals surface area contributed by atoms with E-state index >= 15 is 0 Å².